The predicted molar refractivity (Wildman–Crippen MR) is 67.0 cm³/mol. The molecule has 0 unspecified atom stereocenters. The number of rotatable bonds is 3. The van der Waals surface area contributed by atoms with E-state index in [1.165, 1.54) is 0 Å². The van der Waals surface area contributed by atoms with Gasteiger partial charge in [-0.15, -0.1) is 4.91 Å². The van der Waals surface area contributed by atoms with Gasteiger partial charge in [-0.05, 0) is 28.8 Å². The van der Waals surface area contributed by atoms with Gasteiger partial charge in [-0.2, -0.15) is 0 Å². The Labute approximate surface area is 137 Å². The Morgan fingerprint density at radius 2 is 1.59 bits per heavy atom. The second-order valence-electron chi connectivity index (χ2n) is 3.95. The van der Waals surface area contributed by atoms with E-state index in [0.29, 0.717) is 6.07 Å². The van der Waals surface area contributed by atoms with Crippen LogP contribution in [0.5, 0.6) is 5.75 Å². The second-order valence-corrected chi connectivity index (χ2v) is 6.68. The van der Waals surface area contributed by atoms with E-state index in [4.69, 9.17) is 0 Å². The van der Waals surface area contributed by atoms with Gasteiger partial charge in [0.05, 0.1) is 9.79 Å². The Hall–Kier alpha value is -1.46. The van der Waals surface area contributed by atoms with E-state index < -0.39 is 41.5 Å². The first-order valence-electron chi connectivity index (χ1n) is 5.10. The summed E-state index contributed by atoms with van der Waals surface area (Å²) in [7, 11) is -9.95. The van der Waals surface area contributed by atoms with E-state index in [-0.39, 0.29) is 30.3 Å². The molecule has 0 aromatic heterocycles. The van der Waals surface area contributed by atoms with Gasteiger partial charge in [-0.3, -0.25) is 0 Å². The molecule has 2 aromatic carbocycles. The molecule has 2 rings (SSSR count). The molecule has 0 fully saturated rings. The van der Waals surface area contributed by atoms with Crippen molar-refractivity contribution in [3.05, 3.63) is 29.2 Å². The van der Waals surface area contributed by atoms with Crippen LogP contribution in [0.3, 0.4) is 0 Å². The maximum Gasteiger partial charge on any atom is 2.00 e. The van der Waals surface area contributed by atoms with Crippen molar-refractivity contribution in [3.8, 4) is 5.75 Å². The topological polar surface area (TPSA) is 164 Å². The molecule has 0 aliphatic rings. The zero-order chi connectivity index (χ0) is 16.0. The first-order chi connectivity index (χ1) is 9.55. The molecule has 9 nitrogen and oxygen atoms in total. The van der Waals surface area contributed by atoms with Crippen LogP contribution in [-0.2, 0) is 39.7 Å². The summed E-state index contributed by atoms with van der Waals surface area (Å²) in [6.45, 7) is 0. The third-order valence-electron chi connectivity index (χ3n) is 2.67. The van der Waals surface area contributed by atoms with E-state index in [2.05, 4.69) is 5.18 Å². The van der Waals surface area contributed by atoms with E-state index in [1.807, 2.05) is 0 Å². The molecule has 0 bridgehead atoms. The summed E-state index contributed by atoms with van der Waals surface area (Å²) in [5, 5.41) is 11.7. The summed E-state index contributed by atoms with van der Waals surface area (Å²) in [6.07, 6.45) is 0. The molecule has 0 saturated heterocycles. The number of phenolic OH excluding ortho intramolecular Hbond substituents is 1. The second kappa shape index (κ2) is 5.97. The fourth-order valence-corrected chi connectivity index (χ4v) is 2.88. The van der Waals surface area contributed by atoms with Crippen LogP contribution in [0, 0.1) is 4.91 Å². The minimum absolute atomic E-state index is 0. The predicted octanol–water partition coefficient (Wildman–Crippen LogP) is 0.749. The zero-order valence-corrected chi connectivity index (χ0v) is 15.2. The Bertz CT molecular complexity index is 968. The van der Waals surface area contributed by atoms with Gasteiger partial charge in [0.25, 0.3) is 0 Å². The van der Waals surface area contributed by atoms with Crippen LogP contribution in [0.2, 0.25) is 0 Å². The average molecular weight is 397 g/mol. The first kappa shape index (κ1) is 18.6. The van der Waals surface area contributed by atoms with Gasteiger partial charge < -0.3 is 14.2 Å². The summed E-state index contributed by atoms with van der Waals surface area (Å²) in [4.78, 5) is 8.89. The summed E-state index contributed by atoms with van der Waals surface area (Å²) in [5.41, 5.74) is -0.739. The molecule has 0 radical (unpaired) electrons. The van der Waals surface area contributed by atoms with E-state index in [1.54, 1.807) is 0 Å². The molecule has 22 heavy (non-hydrogen) atoms. The molecular formula is C10H5NO8S2Zn. The number of nitroso groups, excluding NO2 is 1. The van der Waals surface area contributed by atoms with Crippen LogP contribution in [0.15, 0.2) is 39.2 Å². The van der Waals surface area contributed by atoms with Crippen LogP contribution < -0.4 is 0 Å². The molecule has 12 heteroatoms. The van der Waals surface area contributed by atoms with Crippen molar-refractivity contribution >= 4 is 36.7 Å². The molecule has 0 spiro atoms. The van der Waals surface area contributed by atoms with Crippen LogP contribution in [0.1, 0.15) is 0 Å². The van der Waals surface area contributed by atoms with Crippen molar-refractivity contribution < 1.29 is 50.5 Å². The molecule has 0 saturated carbocycles. The third-order valence-corrected chi connectivity index (χ3v) is 4.35. The minimum Gasteiger partial charge on any atom is -0.744 e. The van der Waals surface area contributed by atoms with Gasteiger partial charge in [-0.25, -0.2) is 16.8 Å². The van der Waals surface area contributed by atoms with Crippen molar-refractivity contribution in [2.45, 2.75) is 9.79 Å². The van der Waals surface area contributed by atoms with Crippen molar-refractivity contribution in [1.29, 1.82) is 0 Å². The molecule has 0 atom stereocenters. The summed E-state index contributed by atoms with van der Waals surface area (Å²) >= 11 is 0. The van der Waals surface area contributed by atoms with Gasteiger partial charge in [0.1, 0.15) is 20.2 Å². The third kappa shape index (κ3) is 3.31. The standard InChI is InChI=1S/C10H7NO8S2.Zn/c12-10-8(21(17,18)19)4-5-3-6(20(14,15)16)1-2-7(5)9(10)11-13;/h1-4,12H,(H,14,15,16)(H,17,18,19);/q;+2/p-2. The number of aromatic hydroxyl groups is 1. The quantitative estimate of drug-likeness (QED) is 0.451. The molecule has 112 valence electrons. The van der Waals surface area contributed by atoms with Gasteiger partial charge in [0.2, 0.25) is 0 Å². The largest absolute Gasteiger partial charge is 2.00 e. The molecule has 0 amide bonds. The van der Waals surface area contributed by atoms with E-state index >= 15 is 0 Å². The van der Waals surface area contributed by atoms with E-state index in [9.17, 15) is 36.0 Å². The first-order valence-corrected chi connectivity index (χ1v) is 7.92. The maximum atomic E-state index is 11.0. The van der Waals surface area contributed by atoms with Gasteiger partial charge in [0, 0.05) is 5.39 Å². The normalized spacial score (nSPS) is 11.9. The van der Waals surface area contributed by atoms with Crippen molar-refractivity contribution in [2.24, 2.45) is 5.18 Å². The average Bonchev–Trinajstić information content (AvgIpc) is 2.35. The Morgan fingerprint density at radius 1 is 1.00 bits per heavy atom. The molecule has 0 heterocycles. The summed E-state index contributed by atoms with van der Waals surface area (Å²) in [6, 6.07) is 3.30. The van der Waals surface area contributed by atoms with E-state index in [0.717, 1.165) is 18.2 Å². The summed E-state index contributed by atoms with van der Waals surface area (Å²) < 4.78 is 65.8. The molecular weight excluding hydrogens is 392 g/mol. The monoisotopic (exact) mass is 395 g/mol. The Morgan fingerprint density at radius 3 is 2.05 bits per heavy atom. The molecule has 1 N–H and O–H groups in total. The number of benzene rings is 2. The maximum absolute atomic E-state index is 11.0. The van der Waals surface area contributed by atoms with Crippen LogP contribution >= 0.6 is 0 Å². The zero-order valence-electron chi connectivity index (χ0n) is 10.6. The van der Waals surface area contributed by atoms with Crippen molar-refractivity contribution in [2.75, 3.05) is 0 Å². The smallest absolute Gasteiger partial charge is 0.744 e. The number of nitrogens with zero attached hydrogens (tertiary/aromatic N) is 1. The Balaban J connectivity index is 0.00000242. The van der Waals surface area contributed by atoms with Crippen molar-refractivity contribution in [3.63, 3.8) is 0 Å². The molecule has 0 aliphatic carbocycles. The fraction of sp³-hybridized carbons (Fsp3) is 0. The van der Waals surface area contributed by atoms with Gasteiger partial charge >= 0.3 is 19.5 Å². The van der Waals surface area contributed by atoms with Crippen LogP contribution in [0.25, 0.3) is 10.8 Å². The summed E-state index contributed by atoms with van der Waals surface area (Å²) in [5.74, 6) is -1.13. The Kier molecular flexibility index (Phi) is 5.05. The van der Waals surface area contributed by atoms with Crippen molar-refractivity contribution in [1.82, 2.24) is 0 Å². The SMILES string of the molecule is O=Nc1c(O)c(S(=O)(=O)[O-])cc2cc(S(=O)(=O)[O-])ccc12.[Zn+2]. The molecule has 2 aromatic rings. The van der Waals surface area contributed by atoms with Crippen LogP contribution in [0.4, 0.5) is 5.69 Å². The number of hydrogen-bond acceptors (Lipinski definition) is 9. The number of phenols is 1. The number of hydrogen-bond donors (Lipinski definition) is 1. The number of fused-ring (bicyclic) bond motifs is 1. The van der Waals surface area contributed by atoms with Gasteiger partial charge in [0.15, 0.2) is 11.4 Å². The molecule has 0 aliphatic heterocycles. The van der Waals surface area contributed by atoms with Crippen LogP contribution in [-0.4, -0.2) is 31.0 Å². The fourth-order valence-electron chi connectivity index (χ4n) is 1.77. The minimum atomic E-state index is -5.13. The van der Waals surface area contributed by atoms with Gasteiger partial charge in [-0.1, -0.05) is 6.07 Å².